The Morgan fingerprint density at radius 1 is 1.42 bits per heavy atom. The molecule has 2 N–H and O–H groups in total. The lowest BCUT2D eigenvalue weighted by Gasteiger charge is -2.46. The van der Waals surface area contributed by atoms with E-state index in [0.717, 1.165) is 12.8 Å². The molecule has 0 bridgehead atoms. The highest BCUT2D eigenvalue weighted by molar-refractivity contribution is 7.10. The lowest BCUT2D eigenvalue weighted by Crippen LogP contribution is -2.66. The summed E-state index contributed by atoms with van der Waals surface area (Å²) in [4.78, 5) is 13.4. The summed E-state index contributed by atoms with van der Waals surface area (Å²) in [5, 5.41) is 8.75. The van der Waals surface area contributed by atoms with E-state index >= 15 is 0 Å². The van der Waals surface area contributed by atoms with E-state index in [-0.39, 0.29) is 30.3 Å². The Hall–Kier alpha value is -1.11. The molecule has 0 aliphatic heterocycles. The van der Waals surface area contributed by atoms with Crippen molar-refractivity contribution in [2.45, 2.75) is 77.3 Å². The topological polar surface area (TPSA) is 59.6 Å². The summed E-state index contributed by atoms with van der Waals surface area (Å²) < 4.78 is 11.2. The first kappa shape index (κ1) is 19.2. The van der Waals surface area contributed by atoms with Gasteiger partial charge in [-0.15, -0.1) is 11.3 Å². The van der Waals surface area contributed by atoms with Gasteiger partial charge in [-0.3, -0.25) is 0 Å². The van der Waals surface area contributed by atoms with Crippen LogP contribution in [0.2, 0.25) is 0 Å². The first-order valence-electron chi connectivity index (χ1n) is 8.74. The zero-order valence-electron chi connectivity index (χ0n) is 15.3. The maximum atomic E-state index is 12.1. The summed E-state index contributed by atoms with van der Waals surface area (Å²) in [6.07, 6.45) is 1.57. The molecule has 5 nitrogen and oxygen atoms in total. The van der Waals surface area contributed by atoms with Crippen molar-refractivity contribution >= 4 is 17.4 Å². The first-order chi connectivity index (χ1) is 11.3. The SMILES string of the molecule is CCOC1CC(NC(=O)OC(C)(C)C)C1NC(CC)c1cccs1. The van der Waals surface area contributed by atoms with Crippen LogP contribution in [0.1, 0.15) is 58.4 Å². The van der Waals surface area contributed by atoms with Crippen LogP contribution in [-0.4, -0.2) is 36.5 Å². The van der Waals surface area contributed by atoms with Gasteiger partial charge in [-0.2, -0.15) is 0 Å². The fourth-order valence-corrected chi connectivity index (χ4v) is 3.82. The zero-order chi connectivity index (χ0) is 17.7. The third kappa shape index (κ3) is 5.19. The van der Waals surface area contributed by atoms with Gasteiger partial charge in [0.05, 0.1) is 18.2 Å². The minimum absolute atomic E-state index is 0.0328. The van der Waals surface area contributed by atoms with Gasteiger partial charge in [-0.25, -0.2) is 4.79 Å². The fraction of sp³-hybridized carbons (Fsp3) is 0.722. The van der Waals surface area contributed by atoms with Crippen LogP contribution < -0.4 is 10.6 Å². The van der Waals surface area contributed by atoms with Crippen molar-refractivity contribution in [3.8, 4) is 0 Å². The van der Waals surface area contributed by atoms with E-state index in [4.69, 9.17) is 9.47 Å². The third-order valence-electron chi connectivity index (χ3n) is 4.09. The van der Waals surface area contributed by atoms with Gasteiger partial charge < -0.3 is 20.1 Å². The molecule has 6 heteroatoms. The molecule has 136 valence electrons. The van der Waals surface area contributed by atoms with Crippen LogP contribution in [0, 0.1) is 0 Å². The van der Waals surface area contributed by atoms with Gasteiger partial charge in [-0.1, -0.05) is 13.0 Å². The van der Waals surface area contributed by atoms with E-state index in [1.54, 1.807) is 11.3 Å². The Morgan fingerprint density at radius 3 is 2.71 bits per heavy atom. The van der Waals surface area contributed by atoms with Gasteiger partial charge in [-0.05, 0) is 52.0 Å². The lowest BCUT2D eigenvalue weighted by molar-refractivity contribution is -0.0468. The molecule has 24 heavy (non-hydrogen) atoms. The molecule has 0 radical (unpaired) electrons. The molecule has 0 aromatic carbocycles. The second-order valence-corrected chi connectivity index (χ2v) is 8.13. The van der Waals surface area contributed by atoms with Gasteiger partial charge in [0.2, 0.25) is 0 Å². The summed E-state index contributed by atoms with van der Waals surface area (Å²) in [5.41, 5.74) is -0.487. The molecule has 1 fully saturated rings. The molecule has 1 aliphatic carbocycles. The van der Waals surface area contributed by atoms with E-state index in [2.05, 4.69) is 35.1 Å². The average Bonchev–Trinajstić information content (AvgIpc) is 2.99. The molecule has 2 rings (SSSR count). The molecule has 1 amide bonds. The Labute approximate surface area is 149 Å². The molecule has 0 saturated heterocycles. The lowest BCUT2D eigenvalue weighted by atomic mass is 9.82. The molecule has 1 heterocycles. The molecule has 1 aromatic heterocycles. The number of carbonyl (C=O) groups excluding carboxylic acids is 1. The second kappa shape index (κ2) is 8.32. The molecule has 4 unspecified atom stereocenters. The van der Waals surface area contributed by atoms with Crippen molar-refractivity contribution in [2.24, 2.45) is 0 Å². The van der Waals surface area contributed by atoms with E-state index in [1.165, 1.54) is 4.88 Å². The molecule has 0 spiro atoms. The van der Waals surface area contributed by atoms with Crippen molar-refractivity contribution < 1.29 is 14.3 Å². The number of alkyl carbamates (subject to hydrolysis) is 1. The van der Waals surface area contributed by atoms with Crippen molar-refractivity contribution in [1.29, 1.82) is 0 Å². The highest BCUT2D eigenvalue weighted by Crippen LogP contribution is 2.30. The highest BCUT2D eigenvalue weighted by atomic mass is 32.1. The molecule has 4 atom stereocenters. The normalized spacial score (nSPS) is 25.0. The summed E-state index contributed by atoms with van der Waals surface area (Å²) in [7, 11) is 0. The van der Waals surface area contributed by atoms with Crippen molar-refractivity contribution in [2.75, 3.05) is 6.61 Å². The number of rotatable bonds is 7. The van der Waals surface area contributed by atoms with Gasteiger partial charge in [0.25, 0.3) is 0 Å². The molecule has 1 saturated carbocycles. The van der Waals surface area contributed by atoms with E-state index in [9.17, 15) is 4.79 Å². The van der Waals surface area contributed by atoms with Crippen LogP contribution >= 0.6 is 11.3 Å². The maximum absolute atomic E-state index is 12.1. The maximum Gasteiger partial charge on any atom is 0.407 e. The minimum atomic E-state index is -0.487. The van der Waals surface area contributed by atoms with Gasteiger partial charge >= 0.3 is 6.09 Å². The van der Waals surface area contributed by atoms with Crippen LogP contribution in [-0.2, 0) is 9.47 Å². The fourth-order valence-electron chi connectivity index (χ4n) is 2.95. The molecule has 1 aliphatic rings. The van der Waals surface area contributed by atoms with Crippen molar-refractivity contribution in [3.63, 3.8) is 0 Å². The van der Waals surface area contributed by atoms with Gasteiger partial charge in [0.1, 0.15) is 5.60 Å². The average molecular weight is 355 g/mol. The summed E-state index contributed by atoms with van der Waals surface area (Å²) in [5.74, 6) is 0. The van der Waals surface area contributed by atoms with Crippen LogP contribution in [0.25, 0.3) is 0 Å². The number of nitrogens with one attached hydrogen (secondary N) is 2. The summed E-state index contributed by atoms with van der Waals surface area (Å²) >= 11 is 1.75. The number of carbonyl (C=O) groups is 1. The smallest absolute Gasteiger partial charge is 0.407 e. The number of amides is 1. The number of hydrogen-bond acceptors (Lipinski definition) is 5. The van der Waals surface area contributed by atoms with Crippen LogP contribution in [0.4, 0.5) is 4.79 Å². The second-order valence-electron chi connectivity index (χ2n) is 7.15. The summed E-state index contributed by atoms with van der Waals surface area (Å²) in [6, 6.07) is 4.63. The van der Waals surface area contributed by atoms with E-state index < -0.39 is 5.60 Å². The Bertz CT molecular complexity index is 513. The van der Waals surface area contributed by atoms with E-state index in [0.29, 0.717) is 6.61 Å². The molecular weight excluding hydrogens is 324 g/mol. The Balaban J connectivity index is 1.97. The van der Waals surface area contributed by atoms with E-state index in [1.807, 2.05) is 27.7 Å². The van der Waals surface area contributed by atoms with Crippen LogP contribution in [0.5, 0.6) is 0 Å². The first-order valence-corrected chi connectivity index (χ1v) is 9.62. The Kier molecular flexibility index (Phi) is 6.66. The van der Waals surface area contributed by atoms with Crippen LogP contribution in [0.3, 0.4) is 0 Å². The van der Waals surface area contributed by atoms with Crippen LogP contribution in [0.15, 0.2) is 17.5 Å². The van der Waals surface area contributed by atoms with Gasteiger partial charge in [0.15, 0.2) is 0 Å². The summed E-state index contributed by atoms with van der Waals surface area (Å²) in [6.45, 7) is 10.5. The molecule has 1 aromatic rings. The number of ether oxygens (including phenoxy) is 2. The zero-order valence-corrected chi connectivity index (χ0v) is 16.1. The largest absolute Gasteiger partial charge is 0.444 e. The monoisotopic (exact) mass is 354 g/mol. The van der Waals surface area contributed by atoms with Crippen molar-refractivity contribution in [1.82, 2.24) is 10.6 Å². The highest BCUT2D eigenvalue weighted by Gasteiger charge is 2.44. The Morgan fingerprint density at radius 2 is 2.17 bits per heavy atom. The number of thiophene rings is 1. The molecular formula is C18H30N2O3S. The standard InChI is InChI=1S/C18H30N2O3S/c1-6-12(15-9-8-10-24-15)19-16-13(11-14(16)22-7-2)20-17(21)23-18(3,4)5/h8-10,12-14,16,19H,6-7,11H2,1-5H3,(H,20,21). The minimum Gasteiger partial charge on any atom is -0.444 e. The third-order valence-corrected chi connectivity index (χ3v) is 5.08. The number of hydrogen-bond donors (Lipinski definition) is 2. The predicted octanol–water partition coefficient (Wildman–Crippen LogP) is 3.86. The van der Waals surface area contributed by atoms with Crippen molar-refractivity contribution in [3.05, 3.63) is 22.4 Å². The predicted molar refractivity (Wildman–Crippen MR) is 97.5 cm³/mol. The quantitative estimate of drug-likeness (QED) is 0.780. The van der Waals surface area contributed by atoms with Gasteiger partial charge in [0, 0.05) is 17.5 Å².